The molecule has 2 amide bonds. The number of ether oxygens (including phenoxy) is 4. The summed E-state index contributed by atoms with van der Waals surface area (Å²) in [5, 5.41) is 5.38. The lowest BCUT2D eigenvalue weighted by molar-refractivity contribution is 0.0581. The van der Waals surface area contributed by atoms with Crippen molar-refractivity contribution < 1.29 is 47.7 Å². The van der Waals surface area contributed by atoms with Crippen molar-refractivity contribution in [3.63, 3.8) is 0 Å². The number of carbonyl (C=O) groups is 6. The number of anilines is 2. The summed E-state index contributed by atoms with van der Waals surface area (Å²) in [6.07, 6.45) is 0. The number of hydrogen-bond acceptors (Lipinski definition) is 10. The zero-order chi connectivity index (χ0) is 70.3. The van der Waals surface area contributed by atoms with Gasteiger partial charge in [0.15, 0.2) is 0 Å². The smallest absolute Gasteiger partial charge is 0.337 e. The lowest BCUT2D eigenvalue weighted by atomic mass is 10.1. The van der Waals surface area contributed by atoms with Crippen LogP contribution in [0.15, 0.2) is 291 Å². The van der Waals surface area contributed by atoms with E-state index in [2.05, 4.69) is 122 Å². The summed E-state index contributed by atoms with van der Waals surface area (Å²) in [5.74, 6) is 15.2. The molecule has 0 atom stereocenters. The summed E-state index contributed by atoms with van der Waals surface area (Å²) in [6.45, 7) is 8.33. The number of nitrogens with one attached hydrogen (secondary N) is 2. The van der Waals surface area contributed by atoms with Crippen LogP contribution in [0, 0.1) is 63.2 Å². The van der Waals surface area contributed by atoms with Crippen molar-refractivity contribution in [2.24, 2.45) is 0 Å². The van der Waals surface area contributed by atoms with Crippen LogP contribution >= 0.6 is 0 Å². The number of methoxy groups -OCH3 is 4. The van der Waals surface area contributed by atoms with Crippen LogP contribution < -0.4 is 10.6 Å². The molecule has 11 aromatic rings. The van der Waals surface area contributed by atoms with Gasteiger partial charge in [0.1, 0.15) is 0 Å². The molecular weight excluding hydrogens is 1220 g/mol. The summed E-state index contributed by atoms with van der Waals surface area (Å²) in [4.78, 5) is 73.1. The second-order valence-electron chi connectivity index (χ2n) is 21.3. The first kappa shape index (κ1) is 74.0. The molecule has 0 radical (unpaired) electrons. The Labute approximate surface area is 574 Å². The Bertz CT molecular complexity index is 4330. The van der Waals surface area contributed by atoms with Crippen molar-refractivity contribution in [1.29, 1.82) is 0 Å². The first-order chi connectivity index (χ1) is 47.5. The monoisotopic (exact) mass is 1290 g/mol. The molecule has 12 nitrogen and oxygen atoms in total. The number of esters is 4. The molecule has 0 fully saturated rings. The first-order valence-electron chi connectivity index (χ1n) is 30.8. The maximum atomic E-state index is 12.8. The Morgan fingerprint density at radius 2 is 0.418 bits per heavy atom. The minimum absolute atomic E-state index is 0.109. The lowest BCUT2D eigenvalue weighted by Gasteiger charge is -2.10. The van der Waals surface area contributed by atoms with E-state index in [-0.39, 0.29) is 33.6 Å². The van der Waals surface area contributed by atoms with Crippen molar-refractivity contribution in [3.8, 4) is 35.5 Å². The molecule has 0 bridgehead atoms. The van der Waals surface area contributed by atoms with Crippen LogP contribution in [-0.2, 0) is 18.9 Å². The fourth-order valence-corrected chi connectivity index (χ4v) is 8.41. The van der Waals surface area contributed by atoms with Gasteiger partial charge in [-0.3, -0.25) is 9.59 Å². The predicted octanol–water partition coefficient (Wildman–Crippen LogP) is 17.2. The maximum Gasteiger partial charge on any atom is 0.337 e. The molecule has 12 heteroatoms. The van der Waals surface area contributed by atoms with Crippen LogP contribution in [0.3, 0.4) is 0 Å². The Balaban J connectivity index is 0.000000222. The van der Waals surface area contributed by atoms with Gasteiger partial charge in [-0.2, -0.15) is 0 Å². The average molecular weight is 1300 g/mol. The van der Waals surface area contributed by atoms with Gasteiger partial charge in [0, 0.05) is 55.9 Å². The van der Waals surface area contributed by atoms with E-state index in [0.717, 1.165) is 33.4 Å². The van der Waals surface area contributed by atoms with Gasteiger partial charge in [0.05, 0.1) is 50.7 Å². The van der Waals surface area contributed by atoms with Gasteiger partial charge >= 0.3 is 23.9 Å². The molecule has 0 spiro atoms. The highest BCUT2D eigenvalue weighted by Crippen LogP contribution is 2.21. The van der Waals surface area contributed by atoms with E-state index in [1.807, 2.05) is 158 Å². The van der Waals surface area contributed by atoms with Crippen LogP contribution in [0.5, 0.6) is 0 Å². The first-order valence-corrected chi connectivity index (χ1v) is 30.8. The molecule has 0 saturated heterocycles. The standard InChI is InChI=1S/C33H23NO5.C25H19NO5.4C7H8/c1-38-32(36)28-20-29(33(37)39-2)22-30(21-28)34-31(35)27-18-16-26(17-19-27)15-14-25-12-10-24(11-13-25)9-8-23-6-4-3-5-7-23;1-30-24(28)20-14-21(25(29)31-2)16-22(15-20)26-23(27)19-12-10-18(11-13-19)9-8-17-6-4-3-5-7-17;4*1-7-5-3-2-4-6-7/h3-7,10-13,16-22H,1-2H3,(H,34,35);3-7,10-16H,1-2H3,(H,26,27);4*2-6H,1H3. The van der Waals surface area contributed by atoms with Gasteiger partial charge in [-0.15, -0.1) is 0 Å². The molecule has 2 N–H and O–H groups in total. The quantitative estimate of drug-likeness (QED) is 0.0850. The highest BCUT2D eigenvalue weighted by atomic mass is 16.5. The molecule has 488 valence electrons. The second kappa shape index (κ2) is 40.8. The van der Waals surface area contributed by atoms with E-state index in [4.69, 9.17) is 18.9 Å². The van der Waals surface area contributed by atoms with Crippen molar-refractivity contribution in [1.82, 2.24) is 0 Å². The molecule has 11 aromatic carbocycles. The highest BCUT2D eigenvalue weighted by molar-refractivity contribution is 6.07. The fraction of sp³-hybridized carbons (Fsp3) is 0.0930. The average Bonchev–Trinajstić information content (AvgIpc) is 0.892. The number of aryl methyl sites for hydroxylation is 4. The zero-order valence-electron chi connectivity index (χ0n) is 55.8. The van der Waals surface area contributed by atoms with Crippen molar-refractivity contribution in [2.75, 3.05) is 39.1 Å². The number of rotatable bonds is 8. The molecule has 0 aliphatic heterocycles. The molecule has 0 heterocycles. The molecule has 0 aromatic heterocycles. The summed E-state index contributed by atoms with van der Waals surface area (Å²) in [5.41, 5.74) is 12.1. The van der Waals surface area contributed by atoms with Crippen molar-refractivity contribution >= 4 is 47.1 Å². The van der Waals surface area contributed by atoms with Gasteiger partial charge < -0.3 is 29.6 Å². The summed E-state index contributed by atoms with van der Waals surface area (Å²) in [6, 6.07) is 90.0. The van der Waals surface area contributed by atoms with Gasteiger partial charge in [-0.05, 0) is 161 Å². The topological polar surface area (TPSA) is 163 Å². The minimum atomic E-state index is -0.645. The summed E-state index contributed by atoms with van der Waals surface area (Å²) in [7, 11) is 4.92. The third-order valence-corrected chi connectivity index (χ3v) is 13.6. The Kier molecular flexibility index (Phi) is 30.8. The van der Waals surface area contributed by atoms with Gasteiger partial charge in [-0.25, -0.2) is 19.2 Å². The van der Waals surface area contributed by atoms with E-state index >= 15 is 0 Å². The Morgan fingerprint density at radius 1 is 0.235 bits per heavy atom. The van der Waals surface area contributed by atoms with E-state index < -0.39 is 35.7 Å². The number of amides is 2. The molecular formula is C86H74N2O10. The van der Waals surface area contributed by atoms with Crippen LogP contribution in [0.2, 0.25) is 0 Å². The third kappa shape index (κ3) is 26.9. The van der Waals surface area contributed by atoms with Gasteiger partial charge in [-0.1, -0.05) is 216 Å². The van der Waals surface area contributed by atoms with Crippen molar-refractivity contribution in [2.45, 2.75) is 27.7 Å². The molecule has 0 aliphatic rings. The fourth-order valence-electron chi connectivity index (χ4n) is 8.41. The van der Waals surface area contributed by atoms with Gasteiger partial charge in [0.25, 0.3) is 11.8 Å². The maximum absolute atomic E-state index is 12.8. The lowest BCUT2D eigenvalue weighted by Crippen LogP contribution is -2.14. The van der Waals surface area contributed by atoms with Crippen LogP contribution in [0.25, 0.3) is 0 Å². The molecule has 0 unspecified atom stereocenters. The molecule has 11 rings (SSSR count). The third-order valence-electron chi connectivity index (χ3n) is 13.6. The van der Waals surface area contributed by atoms with E-state index in [1.165, 1.54) is 87.1 Å². The summed E-state index contributed by atoms with van der Waals surface area (Å²) >= 11 is 0. The van der Waals surface area contributed by atoms with Crippen molar-refractivity contribution in [3.05, 3.63) is 380 Å². The number of carbonyl (C=O) groups excluding carboxylic acids is 6. The van der Waals surface area contributed by atoms with Crippen LogP contribution in [0.4, 0.5) is 11.4 Å². The molecule has 0 saturated carbocycles. The number of benzene rings is 11. The Hall–Kier alpha value is -13.1. The van der Waals surface area contributed by atoms with Crippen LogP contribution in [-0.4, -0.2) is 64.1 Å². The van der Waals surface area contributed by atoms with Gasteiger partial charge in [0.2, 0.25) is 0 Å². The van der Waals surface area contributed by atoms with E-state index in [0.29, 0.717) is 11.1 Å². The minimum Gasteiger partial charge on any atom is -0.465 e. The molecule has 0 aliphatic carbocycles. The largest absolute Gasteiger partial charge is 0.465 e. The Morgan fingerprint density at radius 3 is 0.602 bits per heavy atom. The van der Waals surface area contributed by atoms with Crippen LogP contribution in [0.1, 0.15) is 118 Å². The zero-order valence-corrected chi connectivity index (χ0v) is 55.8. The number of hydrogen-bond donors (Lipinski definition) is 2. The van der Waals surface area contributed by atoms with E-state index in [9.17, 15) is 28.8 Å². The normalized spacial score (nSPS) is 9.43. The molecule has 98 heavy (non-hydrogen) atoms. The predicted molar refractivity (Wildman–Crippen MR) is 389 cm³/mol. The second-order valence-corrected chi connectivity index (χ2v) is 21.3. The highest BCUT2D eigenvalue weighted by Gasteiger charge is 2.18. The summed E-state index contributed by atoms with van der Waals surface area (Å²) < 4.78 is 18.9. The SMILES string of the molecule is COC(=O)c1cc(NC(=O)c2ccc(C#Cc3ccc(C#Cc4ccccc4)cc3)cc2)cc(C(=O)OC)c1.COC(=O)c1cc(NC(=O)c2ccc(C#Cc3ccccc3)cc2)cc(C(=O)OC)c1.Cc1ccccc1.Cc1ccccc1.Cc1ccccc1.Cc1ccccc1. The van der Waals surface area contributed by atoms with E-state index in [1.54, 1.807) is 48.5 Å².